The van der Waals surface area contributed by atoms with Crippen LogP contribution in [0.1, 0.15) is 29.5 Å². The van der Waals surface area contributed by atoms with E-state index in [0.717, 1.165) is 31.2 Å². The lowest BCUT2D eigenvalue weighted by atomic mass is 9.89. The molecular formula is C14H14N2O2. The molecule has 3 N–H and O–H groups in total. The molecule has 2 rings (SSSR count). The van der Waals surface area contributed by atoms with Crippen LogP contribution in [-0.2, 0) is 17.6 Å². The quantitative estimate of drug-likeness (QED) is 0.610. The van der Waals surface area contributed by atoms with Crippen LogP contribution in [0.5, 0.6) is 5.75 Å². The van der Waals surface area contributed by atoms with Crippen molar-refractivity contribution >= 4 is 12.0 Å². The minimum Gasteiger partial charge on any atom is -0.507 e. The molecule has 1 amide bonds. The van der Waals surface area contributed by atoms with Crippen molar-refractivity contribution in [1.29, 1.82) is 5.26 Å². The number of nitrogens with two attached hydrogens (primary N) is 1. The molecule has 0 fully saturated rings. The van der Waals surface area contributed by atoms with Crippen LogP contribution in [0.2, 0.25) is 0 Å². The zero-order chi connectivity index (χ0) is 13.1. The fourth-order valence-electron chi connectivity index (χ4n) is 2.22. The molecule has 0 aliphatic heterocycles. The first kappa shape index (κ1) is 12.2. The Bertz CT molecular complexity index is 568. The van der Waals surface area contributed by atoms with Crippen LogP contribution in [0, 0.1) is 11.3 Å². The van der Waals surface area contributed by atoms with E-state index in [1.165, 1.54) is 11.6 Å². The Kier molecular flexibility index (Phi) is 3.33. The third-order valence-corrected chi connectivity index (χ3v) is 3.18. The minimum atomic E-state index is -0.783. The van der Waals surface area contributed by atoms with Gasteiger partial charge in [-0.05, 0) is 55.0 Å². The lowest BCUT2D eigenvalue weighted by molar-refractivity contribution is -0.114. The number of aromatic hydroxyl groups is 1. The molecule has 1 aliphatic rings. The van der Waals surface area contributed by atoms with Gasteiger partial charge in [0.1, 0.15) is 17.4 Å². The number of benzene rings is 1. The molecule has 0 unspecified atom stereocenters. The fraction of sp³-hybridized carbons (Fsp3) is 0.286. The van der Waals surface area contributed by atoms with Gasteiger partial charge in [-0.1, -0.05) is 0 Å². The molecule has 0 radical (unpaired) electrons. The van der Waals surface area contributed by atoms with Gasteiger partial charge in [-0.3, -0.25) is 4.79 Å². The molecular weight excluding hydrogens is 228 g/mol. The van der Waals surface area contributed by atoms with Crippen molar-refractivity contribution in [3.05, 3.63) is 34.4 Å². The molecule has 92 valence electrons. The second-order valence-electron chi connectivity index (χ2n) is 4.42. The fourth-order valence-corrected chi connectivity index (χ4v) is 2.22. The maximum atomic E-state index is 11.0. The van der Waals surface area contributed by atoms with Crippen LogP contribution in [-0.4, -0.2) is 11.0 Å². The van der Waals surface area contributed by atoms with E-state index in [1.807, 2.05) is 6.07 Å². The standard InChI is InChI=1S/C14H14N2O2/c15-8-12(14(16)18)6-11-5-9-3-1-2-4-10(9)7-13(11)17/h5-7,17H,1-4H2,(H2,16,18). The molecule has 0 atom stereocenters. The summed E-state index contributed by atoms with van der Waals surface area (Å²) in [5.74, 6) is -0.695. The van der Waals surface area contributed by atoms with Gasteiger partial charge >= 0.3 is 0 Å². The number of carbonyl (C=O) groups excluding carboxylic acids is 1. The summed E-state index contributed by atoms with van der Waals surface area (Å²) < 4.78 is 0. The second-order valence-corrected chi connectivity index (χ2v) is 4.42. The highest BCUT2D eigenvalue weighted by Gasteiger charge is 2.13. The normalized spacial score (nSPS) is 14.7. The highest BCUT2D eigenvalue weighted by molar-refractivity contribution is 6.00. The number of primary amides is 1. The van der Waals surface area contributed by atoms with Crippen molar-refractivity contribution in [1.82, 2.24) is 0 Å². The number of hydrogen-bond donors (Lipinski definition) is 2. The molecule has 1 aromatic rings. The molecule has 1 aliphatic carbocycles. The van der Waals surface area contributed by atoms with Crippen LogP contribution < -0.4 is 5.73 Å². The average molecular weight is 242 g/mol. The lowest BCUT2D eigenvalue weighted by Gasteiger charge is -2.16. The number of hydrogen-bond acceptors (Lipinski definition) is 3. The van der Waals surface area contributed by atoms with Gasteiger partial charge in [-0.15, -0.1) is 0 Å². The highest BCUT2D eigenvalue weighted by atomic mass is 16.3. The van der Waals surface area contributed by atoms with Gasteiger partial charge in [-0.25, -0.2) is 0 Å². The van der Waals surface area contributed by atoms with Crippen LogP contribution >= 0.6 is 0 Å². The molecule has 4 nitrogen and oxygen atoms in total. The van der Waals surface area contributed by atoms with Gasteiger partial charge < -0.3 is 10.8 Å². The van der Waals surface area contributed by atoms with Gasteiger partial charge in [0.2, 0.25) is 0 Å². The van der Waals surface area contributed by atoms with E-state index in [0.29, 0.717) is 5.56 Å². The van der Waals surface area contributed by atoms with Crippen molar-refractivity contribution in [2.45, 2.75) is 25.7 Å². The number of phenols is 1. The number of nitriles is 1. The van der Waals surface area contributed by atoms with E-state index in [4.69, 9.17) is 11.0 Å². The molecule has 4 heteroatoms. The summed E-state index contributed by atoms with van der Waals surface area (Å²) in [4.78, 5) is 11.0. The number of nitrogens with zero attached hydrogens (tertiary/aromatic N) is 1. The average Bonchev–Trinajstić information content (AvgIpc) is 2.35. The lowest BCUT2D eigenvalue weighted by Crippen LogP contribution is -2.12. The molecule has 18 heavy (non-hydrogen) atoms. The third-order valence-electron chi connectivity index (χ3n) is 3.18. The van der Waals surface area contributed by atoms with E-state index >= 15 is 0 Å². The summed E-state index contributed by atoms with van der Waals surface area (Å²) in [7, 11) is 0. The molecule has 0 bridgehead atoms. The Labute approximate surface area is 105 Å². The third kappa shape index (κ3) is 2.35. The smallest absolute Gasteiger partial charge is 0.259 e. The Hall–Kier alpha value is -2.28. The Morgan fingerprint density at radius 3 is 2.50 bits per heavy atom. The monoisotopic (exact) mass is 242 g/mol. The summed E-state index contributed by atoms with van der Waals surface area (Å²) in [5.41, 5.74) is 7.72. The van der Waals surface area contributed by atoms with Crippen molar-refractivity contribution in [2.24, 2.45) is 5.73 Å². The van der Waals surface area contributed by atoms with Crippen LogP contribution in [0.3, 0.4) is 0 Å². The summed E-state index contributed by atoms with van der Waals surface area (Å²) in [5, 5.41) is 18.7. The van der Waals surface area contributed by atoms with Gasteiger partial charge in [0.25, 0.3) is 5.91 Å². The van der Waals surface area contributed by atoms with E-state index in [1.54, 1.807) is 12.1 Å². The Balaban J connectivity index is 2.46. The largest absolute Gasteiger partial charge is 0.507 e. The van der Waals surface area contributed by atoms with E-state index in [2.05, 4.69) is 0 Å². The van der Waals surface area contributed by atoms with E-state index in [9.17, 15) is 9.90 Å². The van der Waals surface area contributed by atoms with Crippen molar-refractivity contribution < 1.29 is 9.90 Å². The predicted molar refractivity (Wildman–Crippen MR) is 67.5 cm³/mol. The topological polar surface area (TPSA) is 87.1 Å². The summed E-state index contributed by atoms with van der Waals surface area (Å²) in [6, 6.07) is 5.29. The number of fused-ring (bicyclic) bond motifs is 1. The van der Waals surface area contributed by atoms with Gasteiger partial charge in [-0.2, -0.15) is 5.26 Å². The summed E-state index contributed by atoms with van der Waals surface area (Å²) in [6.45, 7) is 0. The van der Waals surface area contributed by atoms with Crippen molar-refractivity contribution in [3.8, 4) is 11.8 Å². The van der Waals surface area contributed by atoms with Crippen LogP contribution in [0.15, 0.2) is 17.7 Å². The number of rotatable bonds is 2. The second kappa shape index (κ2) is 4.92. The van der Waals surface area contributed by atoms with Gasteiger partial charge in [0.05, 0.1) is 0 Å². The van der Waals surface area contributed by atoms with Crippen molar-refractivity contribution in [3.63, 3.8) is 0 Å². The van der Waals surface area contributed by atoms with Crippen LogP contribution in [0.4, 0.5) is 0 Å². The maximum absolute atomic E-state index is 11.0. The molecule has 1 aromatic carbocycles. The van der Waals surface area contributed by atoms with Crippen molar-refractivity contribution in [2.75, 3.05) is 0 Å². The van der Waals surface area contributed by atoms with E-state index < -0.39 is 5.91 Å². The number of phenolic OH excluding ortho intramolecular Hbond substituents is 1. The molecule has 0 saturated carbocycles. The maximum Gasteiger partial charge on any atom is 0.259 e. The predicted octanol–water partition coefficient (Wildman–Crippen LogP) is 1.66. The zero-order valence-corrected chi connectivity index (χ0v) is 9.94. The molecule has 0 heterocycles. The number of amides is 1. The minimum absolute atomic E-state index is 0.0876. The first-order valence-electron chi connectivity index (χ1n) is 5.88. The molecule has 0 spiro atoms. The zero-order valence-electron chi connectivity index (χ0n) is 9.94. The molecule has 0 aromatic heterocycles. The first-order chi connectivity index (χ1) is 8.61. The highest BCUT2D eigenvalue weighted by Crippen LogP contribution is 2.29. The first-order valence-corrected chi connectivity index (χ1v) is 5.88. The summed E-state index contributed by atoms with van der Waals surface area (Å²) in [6.07, 6.45) is 5.53. The molecule has 0 saturated heterocycles. The summed E-state index contributed by atoms with van der Waals surface area (Å²) >= 11 is 0. The van der Waals surface area contributed by atoms with E-state index in [-0.39, 0.29) is 11.3 Å². The van der Waals surface area contributed by atoms with Gasteiger partial charge in [0, 0.05) is 5.56 Å². The van der Waals surface area contributed by atoms with Gasteiger partial charge in [0.15, 0.2) is 0 Å². The number of carbonyl (C=O) groups is 1. The van der Waals surface area contributed by atoms with Crippen LogP contribution in [0.25, 0.3) is 6.08 Å². The SMILES string of the molecule is N#CC(=Cc1cc2c(cc1O)CCCC2)C(N)=O. The Morgan fingerprint density at radius 2 is 1.94 bits per heavy atom. The number of aryl methyl sites for hydroxylation is 2. The Morgan fingerprint density at radius 1 is 1.33 bits per heavy atom.